The third-order valence-electron chi connectivity index (χ3n) is 9.25. The van der Waals surface area contributed by atoms with Gasteiger partial charge in [-0.1, -0.05) is 174 Å². The number of quaternary nitrogens is 1. The topological polar surface area (TPSA) is 108 Å². The molecule has 0 aliphatic carbocycles. The Kier molecular flexibility index (Phi) is 32.6. The predicted molar refractivity (Wildman–Crippen MR) is 205 cm³/mol. The number of carbonyl (C=O) groups excluding carboxylic acids is 1. The zero-order chi connectivity index (χ0) is 36.5. The number of amides is 1. The number of unbranched alkanes of at least 4 members (excludes halogenated alkanes) is 24. The molecule has 8 nitrogen and oxygen atoms in total. The molecule has 9 heteroatoms. The Bertz CT molecular complexity index is 819. The Morgan fingerprint density at radius 3 is 1.53 bits per heavy atom. The van der Waals surface area contributed by atoms with Gasteiger partial charge in [-0.05, 0) is 19.3 Å². The molecular formula is C40H81N2O6P. The summed E-state index contributed by atoms with van der Waals surface area (Å²) in [4.78, 5) is 25.2. The summed E-state index contributed by atoms with van der Waals surface area (Å²) in [6.45, 7) is 4.64. The molecule has 0 fully saturated rings. The van der Waals surface area contributed by atoms with Crippen LogP contribution in [0.25, 0.3) is 0 Å². The highest BCUT2D eigenvalue weighted by molar-refractivity contribution is 7.45. The average Bonchev–Trinajstić information content (AvgIpc) is 3.04. The number of nitrogens with one attached hydrogen (secondary N) is 1. The summed E-state index contributed by atoms with van der Waals surface area (Å²) >= 11 is 0. The van der Waals surface area contributed by atoms with Gasteiger partial charge in [0.1, 0.15) is 13.2 Å². The maximum atomic E-state index is 12.8. The molecule has 2 N–H and O–H groups in total. The van der Waals surface area contributed by atoms with Crippen molar-refractivity contribution in [2.75, 3.05) is 40.9 Å². The van der Waals surface area contributed by atoms with Crippen molar-refractivity contribution >= 4 is 13.7 Å². The summed E-state index contributed by atoms with van der Waals surface area (Å²) in [6, 6.07) is -0.878. The van der Waals surface area contributed by atoms with E-state index in [1.54, 1.807) is 6.08 Å². The van der Waals surface area contributed by atoms with Crippen molar-refractivity contribution in [3.63, 3.8) is 0 Å². The summed E-state index contributed by atoms with van der Waals surface area (Å²) in [5.74, 6) is -0.197. The van der Waals surface area contributed by atoms with Crippen LogP contribution in [0.2, 0.25) is 0 Å². The van der Waals surface area contributed by atoms with Gasteiger partial charge in [0, 0.05) is 6.42 Å². The Labute approximate surface area is 303 Å². The minimum absolute atomic E-state index is 0.00184. The first-order chi connectivity index (χ1) is 23.5. The van der Waals surface area contributed by atoms with Crippen LogP contribution in [0.15, 0.2) is 12.2 Å². The van der Waals surface area contributed by atoms with Crippen molar-refractivity contribution in [1.82, 2.24) is 5.32 Å². The number of hydrogen-bond donors (Lipinski definition) is 2. The number of aliphatic hydroxyl groups excluding tert-OH is 1. The summed E-state index contributed by atoms with van der Waals surface area (Å²) in [7, 11) is 1.27. The second-order valence-electron chi connectivity index (χ2n) is 15.4. The van der Waals surface area contributed by atoms with E-state index in [2.05, 4.69) is 19.2 Å². The lowest BCUT2D eigenvalue weighted by Crippen LogP contribution is -2.45. The molecule has 1 amide bonds. The molecule has 0 heterocycles. The van der Waals surface area contributed by atoms with Crippen molar-refractivity contribution in [2.45, 2.75) is 199 Å². The Morgan fingerprint density at radius 2 is 1.10 bits per heavy atom. The van der Waals surface area contributed by atoms with Gasteiger partial charge in [-0.3, -0.25) is 9.36 Å². The van der Waals surface area contributed by atoms with Gasteiger partial charge >= 0.3 is 0 Å². The number of allylic oxidation sites excluding steroid dienone is 1. The molecule has 0 aromatic heterocycles. The first-order valence-corrected chi connectivity index (χ1v) is 22.0. The Hall–Kier alpha value is -0.760. The minimum atomic E-state index is -4.57. The molecule has 0 saturated heterocycles. The molecule has 1 unspecified atom stereocenters. The van der Waals surface area contributed by atoms with Crippen molar-refractivity contribution in [3.05, 3.63) is 12.2 Å². The molecule has 0 aromatic carbocycles. The normalized spacial score (nSPS) is 14.7. The number of hydrogen-bond acceptors (Lipinski definition) is 6. The fourth-order valence-electron chi connectivity index (χ4n) is 5.92. The van der Waals surface area contributed by atoms with Gasteiger partial charge in [0.15, 0.2) is 0 Å². The number of phosphoric ester groups is 1. The second kappa shape index (κ2) is 33.1. The number of phosphoric acid groups is 1. The quantitative estimate of drug-likeness (QED) is 0.0287. The molecule has 0 rings (SSSR count). The van der Waals surface area contributed by atoms with E-state index in [-0.39, 0.29) is 19.1 Å². The van der Waals surface area contributed by atoms with Gasteiger partial charge in [0.2, 0.25) is 5.91 Å². The third kappa shape index (κ3) is 35.4. The first kappa shape index (κ1) is 48.2. The van der Waals surface area contributed by atoms with E-state index in [0.717, 1.165) is 38.5 Å². The van der Waals surface area contributed by atoms with Crippen molar-refractivity contribution in [2.24, 2.45) is 0 Å². The molecule has 49 heavy (non-hydrogen) atoms. The van der Waals surface area contributed by atoms with Crippen LogP contribution in [0.5, 0.6) is 0 Å². The standard InChI is InChI=1S/C40H81N2O6P/c1-6-8-10-12-14-16-18-20-22-23-25-27-29-31-33-39(43)38(37-48-49(45,46)47-36-35-42(3,4)5)41-40(44)34-32-30-28-26-24-21-19-17-15-13-11-9-7-2/h31,33,38-39,43H,6-30,32,34-37H2,1-5H3,(H-,41,44,45,46)/b33-31+/t38-,39+/m0/s1. The van der Waals surface area contributed by atoms with E-state index in [1.807, 2.05) is 27.2 Å². The van der Waals surface area contributed by atoms with Crippen LogP contribution in [0.4, 0.5) is 0 Å². The van der Waals surface area contributed by atoms with Crippen LogP contribution >= 0.6 is 7.82 Å². The lowest BCUT2D eigenvalue weighted by molar-refractivity contribution is -0.870. The number of likely N-dealkylation sites (N-methyl/N-ethyl adjacent to an activating group) is 1. The number of aliphatic hydroxyl groups is 1. The summed E-state index contributed by atoms with van der Waals surface area (Å²) in [6.07, 6.45) is 35.3. The second-order valence-corrected chi connectivity index (χ2v) is 16.8. The summed E-state index contributed by atoms with van der Waals surface area (Å²) < 4.78 is 23.1. The number of carbonyl (C=O) groups is 1. The zero-order valence-electron chi connectivity index (χ0n) is 32.9. The molecule has 0 radical (unpaired) electrons. The molecule has 0 aromatic rings. The van der Waals surface area contributed by atoms with Crippen LogP contribution < -0.4 is 10.2 Å². The van der Waals surface area contributed by atoms with Crippen molar-refractivity contribution in [1.29, 1.82) is 0 Å². The highest BCUT2D eigenvalue weighted by Gasteiger charge is 2.23. The predicted octanol–water partition coefficient (Wildman–Crippen LogP) is 10.2. The Morgan fingerprint density at radius 1 is 0.694 bits per heavy atom. The molecule has 3 atom stereocenters. The van der Waals surface area contributed by atoms with E-state index < -0.39 is 20.0 Å². The molecule has 0 aliphatic rings. The van der Waals surface area contributed by atoms with E-state index >= 15 is 0 Å². The fourth-order valence-corrected chi connectivity index (χ4v) is 6.64. The lowest BCUT2D eigenvalue weighted by Gasteiger charge is -2.29. The maximum absolute atomic E-state index is 12.8. The summed E-state index contributed by atoms with van der Waals surface area (Å²) in [5.41, 5.74) is 0. The smallest absolute Gasteiger partial charge is 0.268 e. The average molecular weight is 717 g/mol. The zero-order valence-corrected chi connectivity index (χ0v) is 33.8. The van der Waals surface area contributed by atoms with Gasteiger partial charge in [-0.25, -0.2) is 0 Å². The van der Waals surface area contributed by atoms with Gasteiger partial charge in [0.05, 0.1) is 39.9 Å². The van der Waals surface area contributed by atoms with Crippen molar-refractivity contribution in [3.8, 4) is 0 Å². The number of nitrogens with zero attached hydrogens (tertiary/aromatic N) is 1. The van der Waals surface area contributed by atoms with Gasteiger partial charge in [-0.2, -0.15) is 0 Å². The third-order valence-corrected chi connectivity index (χ3v) is 10.2. The van der Waals surface area contributed by atoms with Gasteiger partial charge < -0.3 is 28.8 Å². The van der Waals surface area contributed by atoms with Gasteiger partial charge in [-0.15, -0.1) is 0 Å². The van der Waals surface area contributed by atoms with Crippen molar-refractivity contribution < 1.29 is 32.9 Å². The van der Waals surface area contributed by atoms with E-state index in [4.69, 9.17) is 9.05 Å². The monoisotopic (exact) mass is 717 g/mol. The molecular weight excluding hydrogens is 635 g/mol. The highest BCUT2D eigenvalue weighted by atomic mass is 31.2. The minimum Gasteiger partial charge on any atom is -0.756 e. The van der Waals surface area contributed by atoms with Crippen LogP contribution in [-0.4, -0.2) is 68.5 Å². The fraction of sp³-hybridized carbons (Fsp3) is 0.925. The number of rotatable bonds is 37. The van der Waals surface area contributed by atoms with E-state index in [9.17, 15) is 19.4 Å². The van der Waals surface area contributed by atoms with Gasteiger partial charge in [0.25, 0.3) is 7.82 Å². The lowest BCUT2D eigenvalue weighted by atomic mass is 10.0. The SMILES string of the molecule is CCCCCCCCCCCCCC/C=C/[C@@H](O)[C@H](COP(=O)([O-])OCC[N+](C)(C)C)NC(=O)CCCCCCCCCCCCCCC. The largest absolute Gasteiger partial charge is 0.756 e. The van der Waals surface area contributed by atoms with Crippen LogP contribution in [-0.2, 0) is 18.4 Å². The van der Waals surface area contributed by atoms with Crippen LogP contribution in [0, 0.1) is 0 Å². The molecule has 292 valence electrons. The van der Waals surface area contributed by atoms with Crippen LogP contribution in [0.3, 0.4) is 0 Å². The van der Waals surface area contributed by atoms with E-state index in [0.29, 0.717) is 17.4 Å². The van der Waals surface area contributed by atoms with E-state index in [1.165, 1.54) is 128 Å². The molecule has 0 saturated carbocycles. The molecule has 0 aliphatic heterocycles. The molecule has 0 spiro atoms. The first-order valence-electron chi connectivity index (χ1n) is 20.6. The van der Waals surface area contributed by atoms with Crippen LogP contribution in [0.1, 0.15) is 187 Å². The highest BCUT2D eigenvalue weighted by Crippen LogP contribution is 2.38. The Balaban J connectivity index is 4.48. The maximum Gasteiger partial charge on any atom is 0.268 e. The summed E-state index contributed by atoms with van der Waals surface area (Å²) in [5, 5.41) is 13.7. The molecule has 0 bridgehead atoms.